The third kappa shape index (κ3) is 5.45. The second-order valence-corrected chi connectivity index (χ2v) is 8.56. The summed E-state index contributed by atoms with van der Waals surface area (Å²) in [6, 6.07) is 17.9. The van der Waals surface area contributed by atoms with Gasteiger partial charge >= 0.3 is 0 Å². The molecule has 1 fully saturated rings. The van der Waals surface area contributed by atoms with E-state index >= 15 is 0 Å². The molecule has 2 aromatic carbocycles. The number of benzene rings is 2. The summed E-state index contributed by atoms with van der Waals surface area (Å²) in [5.41, 5.74) is 2.79. The Morgan fingerprint density at radius 1 is 1.06 bits per heavy atom. The van der Waals surface area contributed by atoms with E-state index in [1.807, 2.05) is 55.5 Å². The first-order valence-electron chi connectivity index (χ1n) is 11.4. The quantitative estimate of drug-likeness (QED) is 0.526. The minimum absolute atomic E-state index is 0.137. The lowest BCUT2D eigenvalue weighted by molar-refractivity contribution is -0.126. The molecule has 4 rings (SSSR count). The Hall–Kier alpha value is -3.54. The normalized spacial score (nSPS) is 14.6. The van der Waals surface area contributed by atoms with Crippen LogP contribution in [0.1, 0.15) is 59.0 Å². The second kappa shape index (κ2) is 10.4. The van der Waals surface area contributed by atoms with Gasteiger partial charge in [-0.15, -0.1) is 0 Å². The van der Waals surface area contributed by atoms with Crippen molar-refractivity contribution < 1.29 is 18.7 Å². The van der Waals surface area contributed by atoms with Gasteiger partial charge in [0.05, 0.1) is 13.4 Å². The fourth-order valence-electron chi connectivity index (χ4n) is 4.32. The average molecular weight is 447 g/mol. The number of ether oxygens (including phenoxy) is 1. The molecule has 1 unspecified atom stereocenters. The van der Waals surface area contributed by atoms with E-state index in [2.05, 4.69) is 5.32 Å². The second-order valence-electron chi connectivity index (χ2n) is 8.56. The number of aryl methyl sites for hydroxylation is 1. The molecule has 6 heteroatoms. The van der Waals surface area contributed by atoms with E-state index in [4.69, 9.17) is 9.15 Å². The molecule has 0 spiro atoms. The van der Waals surface area contributed by atoms with Crippen LogP contribution in [0.25, 0.3) is 0 Å². The zero-order valence-corrected chi connectivity index (χ0v) is 19.1. The summed E-state index contributed by atoms with van der Waals surface area (Å²) in [5, 5.41) is 3.19. The molecule has 0 bridgehead atoms. The van der Waals surface area contributed by atoms with Crippen LogP contribution in [0.3, 0.4) is 0 Å². The van der Waals surface area contributed by atoms with Gasteiger partial charge < -0.3 is 19.4 Å². The standard InChI is InChI=1S/C27H30N2O4/c1-19-9-11-20(12-10-19)18-29(27(31)24-8-5-17-33-24)25(21-13-15-23(32-2)16-14-21)26(30)28-22-6-3-4-7-22/h5,8-17,22,25H,3-4,6-7,18H2,1-2H3,(H,28,30). The molecule has 172 valence electrons. The predicted molar refractivity (Wildman–Crippen MR) is 126 cm³/mol. The summed E-state index contributed by atoms with van der Waals surface area (Å²) in [7, 11) is 1.60. The van der Waals surface area contributed by atoms with Crippen molar-refractivity contribution in [2.75, 3.05) is 7.11 Å². The minimum atomic E-state index is -0.810. The van der Waals surface area contributed by atoms with E-state index in [9.17, 15) is 9.59 Å². The number of carbonyl (C=O) groups is 2. The summed E-state index contributed by atoms with van der Waals surface area (Å²) in [6.45, 7) is 2.29. The van der Waals surface area contributed by atoms with Crippen LogP contribution in [0.2, 0.25) is 0 Å². The van der Waals surface area contributed by atoms with Gasteiger partial charge in [0, 0.05) is 12.6 Å². The largest absolute Gasteiger partial charge is 0.497 e. The number of rotatable bonds is 8. The number of amides is 2. The third-order valence-electron chi connectivity index (χ3n) is 6.16. The minimum Gasteiger partial charge on any atom is -0.497 e. The summed E-state index contributed by atoms with van der Waals surface area (Å²) < 4.78 is 10.7. The van der Waals surface area contributed by atoms with Crippen molar-refractivity contribution >= 4 is 11.8 Å². The molecule has 33 heavy (non-hydrogen) atoms. The van der Waals surface area contributed by atoms with Crippen molar-refractivity contribution in [2.24, 2.45) is 0 Å². The van der Waals surface area contributed by atoms with Crippen LogP contribution >= 0.6 is 0 Å². The van der Waals surface area contributed by atoms with Crippen LogP contribution in [0, 0.1) is 6.92 Å². The predicted octanol–water partition coefficient (Wildman–Crippen LogP) is 5.04. The molecular formula is C27H30N2O4. The SMILES string of the molecule is COc1ccc(C(C(=O)NC2CCCC2)N(Cc2ccc(C)cc2)C(=O)c2ccco2)cc1. The number of nitrogens with zero attached hydrogens (tertiary/aromatic N) is 1. The van der Waals surface area contributed by atoms with Gasteiger partial charge in [-0.1, -0.05) is 54.8 Å². The van der Waals surface area contributed by atoms with Crippen LogP contribution in [0.15, 0.2) is 71.3 Å². The number of carbonyl (C=O) groups excluding carboxylic acids is 2. The van der Waals surface area contributed by atoms with Crippen molar-refractivity contribution in [2.45, 2.75) is 51.2 Å². The number of methoxy groups -OCH3 is 1. The molecule has 6 nitrogen and oxygen atoms in total. The Labute approximate surface area is 194 Å². The molecule has 1 N–H and O–H groups in total. The summed E-state index contributed by atoms with van der Waals surface area (Å²) in [6.07, 6.45) is 5.61. The van der Waals surface area contributed by atoms with Crippen molar-refractivity contribution in [3.63, 3.8) is 0 Å². The lowest BCUT2D eigenvalue weighted by Gasteiger charge is -2.32. The molecule has 1 aromatic heterocycles. The summed E-state index contributed by atoms with van der Waals surface area (Å²) in [4.78, 5) is 28.8. The van der Waals surface area contributed by atoms with Gasteiger partial charge in [0.25, 0.3) is 5.91 Å². The van der Waals surface area contributed by atoms with Crippen molar-refractivity contribution in [3.05, 3.63) is 89.4 Å². The molecule has 3 aromatic rings. The monoisotopic (exact) mass is 446 g/mol. The Kier molecular flexibility index (Phi) is 7.13. The van der Waals surface area contributed by atoms with Crippen LogP contribution in [0.4, 0.5) is 0 Å². The number of hydrogen-bond donors (Lipinski definition) is 1. The van der Waals surface area contributed by atoms with Gasteiger partial charge in [0.2, 0.25) is 5.91 Å². The van der Waals surface area contributed by atoms with Gasteiger partial charge in [-0.25, -0.2) is 0 Å². The molecule has 1 aliphatic rings. The van der Waals surface area contributed by atoms with Gasteiger partial charge in [-0.05, 0) is 55.2 Å². The zero-order valence-electron chi connectivity index (χ0n) is 19.1. The maximum absolute atomic E-state index is 13.6. The molecule has 1 atom stereocenters. The van der Waals surface area contributed by atoms with Crippen LogP contribution < -0.4 is 10.1 Å². The van der Waals surface area contributed by atoms with Crippen molar-refractivity contribution in [1.82, 2.24) is 10.2 Å². The maximum Gasteiger partial charge on any atom is 0.290 e. The molecule has 1 saturated carbocycles. The number of furan rings is 1. The Morgan fingerprint density at radius 3 is 2.36 bits per heavy atom. The van der Waals surface area contributed by atoms with E-state index < -0.39 is 6.04 Å². The fourth-order valence-corrected chi connectivity index (χ4v) is 4.32. The van der Waals surface area contributed by atoms with E-state index in [1.54, 1.807) is 24.1 Å². The lowest BCUT2D eigenvalue weighted by atomic mass is 10.0. The Bertz CT molecular complexity index is 1050. The van der Waals surface area contributed by atoms with E-state index in [1.165, 1.54) is 6.26 Å². The van der Waals surface area contributed by atoms with Gasteiger partial charge in [-0.2, -0.15) is 0 Å². The van der Waals surface area contributed by atoms with Crippen LogP contribution in [-0.4, -0.2) is 29.9 Å². The molecular weight excluding hydrogens is 416 g/mol. The highest BCUT2D eigenvalue weighted by Gasteiger charge is 2.34. The topological polar surface area (TPSA) is 71.8 Å². The first-order valence-corrected chi connectivity index (χ1v) is 11.4. The maximum atomic E-state index is 13.6. The zero-order chi connectivity index (χ0) is 23.2. The Balaban J connectivity index is 1.73. The molecule has 1 heterocycles. The average Bonchev–Trinajstić information content (AvgIpc) is 3.54. The van der Waals surface area contributed by atoms with Crippen molar-refractivity contribution in [1.29, 1.82) is 0 Å². The van der Waals surface area contributed by atoms with E-state index in [0.29, 0.717) is 5.75 Å². The molecule has 0 radical (unpaired) electrons. The van der Waals surface area contributed by atoms with Crippen LogP contribution in [0.5, 0.6) is 5.75 Å². The highest BCUT2D eigenvalue weighted by atomic mass is 16.5. The molecule has 0 aliphatic heterocycles. The van der Waals surface area contributed by atoms with Crippen LogP contribution in [-0.2, 0) is 11.3 Å². The highest BCUT2D eigenvalue weighted by molar-refractivity contribution is 5.96. The van der Waals surface area contributed by atoms with Gasteiger partial charge in [-0.3, -0.25) is 9.59 Å². The number of hydrogen-bond acceptors (Lipinski definition) is 4. The molecule has 0 saturated heterocycles. The lowest BCUT2D eigenvalue weighted by Crippen LogP contribution is -2.45. The summed E-state index contributed by atoms with van der Waals surface area (Å²) >= 11 is 0. The Morgan fingerprint density at radius 2 is 1.76 bits per heavy atom. The molecule has 1 aliphatic carbocycles. The highest BCUT2D eigenvalue weighted by Crippen LogP contribution is 2.29. The first kappa shape index (κ1) is 22.6. The molecule has 2 amide bonds. The fraction of sp³-hybridized carbons (Fsp3) is 0.333. The van der Waals surface area contributed by atoms with E-state index in [-0.39, 0.29) is 30.2 Å². The summed E-state index contributed by atoms with van der Waals surface area (Å²) in [5.74, 6) is 0.382. The first-order chi connectivity index (χ1) is 16.0. The van der Waals surface area contributed by atoms with Crippen molar-refractivity contribution in [3.8, 4) is 5.75 Å². The smallest absolute Gasteiger partial charge is 0.290 e. The van der Waals surface area contributed by atoms with Gasteiger partial charge in [0.15, 0.2) is 5.76 Å². The van der Waals surface area contributed by atoms with E-state index in [0.717, 1.165) is 42.4 Å². The third-order valence-corrected chi connectivity index (χ3v) is 6.16. The van der Waals surface area contributed by atoms with Gasteiger partial charge in [0.1, 0.15) is 11.8 Å². The number of nitrogens with one attached hydrogen (secondary N) is 1.